The quantitative estimate of drug-likeness (QED) is 0.544. The minimum absolute atomic E-state index is 0.180. The van der Waals surface area contributed by atoms with Gasteiger partial charge >= 0.3 is 0 Å². The fourth-order valence-electron chi connectivity index (χ4n) is 2.70. The molecule has 140 valence electrons. The van der Waals surface area contributed by atoms with Crippen molar-refractivity contribution in [2.45, 2.75) is 25.8 Å². The van der Waals surface area contributed by atoms with Crippen LogP contribution < -0.4 is 5.11 Å². The maximum absolute atomic E-state index is 13.0. The third kappa shape index (κ3) is 4.12. The van der Waals surface area contributed by atoms with E-state index < -0.39 is 17.9 Å². The summed E-state index contributed by atoms with van der Waals surface area (Å²) >= 11 is 6.21. The van der Waals surface area contributed by atoms with E-state index >= 15 is 0 Å². The zero-order valence-electron chi connectivity index (χ0n) is 14.3. The number of carbonyl (C=O) groups excluding carboxylic acids is 2. The van der Waals surface area contributed by atoms with Gasteiger partial charge in [0.05, 0.1) is 16.9 Å². The predicted octanol–water partition coefficient (Wildman–Crippen LogP) is 3.21. The van der Waals surface area contributed by atoms with E-state index in [2.05, 4.69) is 0 Å². The number of aliphatic carboxylic acids is 1. The second-order valence-corrected chi connectivity index (χ2v) is 7.56. The van der Waals surface area contributed by atoms with E-state index in [9.17, 15) is 19.1 Å². The van der Waals surface area contributed by atoms with Gasteiger partial charge < -0.3 is 14.3 Å². The number of halogens is 1. The largest absolute Gasteiger partial charge is 0.548 e. The van der Waals surface area contributed by atoms with Crippen molar-refractivity contribution in [3.05, 3.63) is 52.9 Å². The Bertz CT molecular complexity index is 920. The van der Waals surface area contributed by atoms with E-state index in [0.29, 0.717) is 23.5 Å². The molecule has 27 heavy (non-hydrogen) atoms. The van der Waals surface area contributed by atoms with Crippen LogP contribution in [0.15, 0.2) is 45.7 Å². The van der Waals surface area contributed by atoms with E-state index in [1.807, 2.05) is 6.92 Å². The van der Waals surface area contributed by atoms with Gasteiger partial charge in [-0.15, -0.1) is 0 Å². The number of hydrogen-bond acceptors (Lipinski definition) is 6. The first kappa shape index (κ1) is 19.3. The molecular weight excluding hydrogens is 389 g/mol. The lowest BCUT2D eigenvalue weighted by Gasteiger charge is -2.27. The molecule has 0 radical (unpaired) electrons. The van der Waals surface area contributed by atoms with Crippen LogP contribution in [-0.4, -0.2) is 27.1 Å². The molecule has 1 aromatic heterocycles. The molecule has 0 aliphatic carbocycles. The molecule has 1 atom stereocenters. The van der Waals surface area contributed by atoms with Gasteiger partial charge in [-0.2, -0.15) is 0 Å². The molecule has 0 saturated carbocycles. The number of hydrogen-bond donors (Lipinski definition) is 0. The molecular formula is C19H15FNO4S2-. The molecule has 2 aromatic rings. The Morgan fingerprint density at radius 1 is 1.33 bits per heavy atom. The van der Waals surface area contributed by atoms with E-state index in [1.54, 1.807) is 24.3 Å². The van der Waals surface area contributed by atoms with Crippen LogP contribution in [0, 0.1) is 5.82 Å². The Hall–Kier alpha value is -2.45. The summed E-state index contributed by atoms with van der Waals surface area (Å²) in [6, 6.07) is 8.14. The molecule has 8 heteroatoms. The molecule has 3 rings (SSSR count). The molecule has 1 aliphatic heterocycles. The monoisotopic (exact) mass is 404 g/mol. The molecule has 0 bridgehead atoms. The van der Waals surface area contributed by atoms with E-state index in [4.69, 9.17) is 16.6 Å². The third-order valence-corrected chi connectivity index (χ3v) is 5.33. The molecule has 5 nitrogen and oxygen atoms in total. The van der Waals surface area contributed by atoms with Gasteiger partial charge in [0.2, 0.25) is 0 Å². The first-order valence-electron chi connectivity index (χ1n) is 8.24. The zero-order valence-corrected chi connectivity index (χ0v) is 15.9. The summed E-state index contributed by atoms with van der Waals surface area (Å²) in [5.41, 5.74) is 0.698. The number of carboxylic acids is 1. The summed E-state index contributed by atoms with van der Waals surface area (Å²) in [6.07, 6.45) is 2.36. The molecule has 0 spiro atoms. The van der Waals surface area contributed by atoms with E-state index in [0.717, 1.165) is 16.7 Å². The number of benzene rings is 1. The van der Waals surface area contributed by atoms with E-state index in [-0.39, 0.29) is 21.5 Å². The SMILES string of the molecule is CCC[C@H](C(=O)[O-])N1C(=O)/C(=C\c2ccc(-c3ccc(F)cc3)o2)SC1=S. The maximum Gasteiger partial charge on any atom is 0.266 e. The molecule has 1 amide bonds. The molecule has 1 saturated heterocycles. The summed E-state index contributed by atoms with van der Waals surface area (Å²) in [5.74, 6) is -1.22. The van der Waals surface area contributed by atoms with Gasteiger partial charge in [-0.05, 0) is 42.8 Å². The van der Waals surface area contributed by atoms with Gasteiger partial charge in [0.1, 0.15) is 21.7 Å². The Balaban J connectivity index is 1.84. The topological polar surface area (TPSA) is 73.6 Å². The lowest BCUT2D eigenvalue weighted by atomic mass is 10.1. The number of rotatable bonds is 6. The van der Waals surface area contributed by atoms with Crippen LogP contribution in [-0.2, 0) is 9.59 Å². The van der Waals surface area contributed by atoms with Gasteiger partial charge in [-0.3, -0.25) is 9.69 Å². The number of thiocarbonyl (C=S) groups is 1. The van der Waals surface area contributed by atoms with Gasteiger partial charge in [-0.1, -0.05) is 37.3 Å². The second kappa shape index (κ2) is 8.06. The Morgan fingerprint density at radius 3 is 2.67 bits per heavy atom. The van der Waals surface area contributed by atoms with Gasteiger partial charge in [0, 0.05) is 11.6 Å². The molecule has 2 heterocycles. The first-order valence-corrected chi connectivity index (χ1v) is 9.47. The van der Waals surface area contributed by atoms with Crippen molar-refractivity contribution in [2.24, 2.45) is 0 Å². The van der Waals surface area contributed by atoms with Crippen LogP contribution >= 0.6 is 24.0 Å². The summed E-state index contributed by atoms with van der Waals surface area (Å²) in [7, 11) is 0. The average Bonchev–Trinajstić information content (AvgIpc) is 3.19. The highest BCUT2D eigenvalue weighted by molar-refractivity contribution is 8.26. The van der Waals surface area contributed by atoms with Crippen molar-refractivity contribution >= 4 is 46.3 Å². The van der Waals surface area contributed by atoms with Crippen molar-refractivity contribution in [2.75, 3.05) is 0 Å². The van der Waals surface area contributed by atoms with Crippen LogP contribution in [0.2, 0.25) is 0 Å². The van der Waals surface area contributed by atoms with Crippen molar-refractivity contribution in [3.8, 4) is 11.3 Å². The minimum Gasteiger partial charge on any atom is -0.548 e. The highest BCUT2D eigenvalue weighted by atomic mass is 32.2. The lowest BCUT2D eigenvalue weighted by molar-refractivity contribution is -0.310. The third-order valence-electron chi connectivity index (χ3n) is 4.00. The Labute approximate surface area is 164 Å². The fourth-order valence-corrected chi connectivity index (χ4v) is 4.04. The summed E-state index contributed by atoms with van der Waals surface area (Å²) in [5, 5.41) is 11.4. The van der Waals surface area contributed by atoms with E-state index in [1.165, 1.54) is 18.2 Å². The van der Waals surface area contributed by atoms with Crippen molar-refractivity contribution in [3.63, 3.8) is 0 Å². The highest BCUT2D eigenvalue weighted by Crippen LogP contribution is 2.35. The van der Waals surface area contributed by atoms with Crippen LogP contribution in [0.5, 0.6) is 0 Å². The highest BCUT2D eigenvalue weighted by Gasteiger charge is 2.37. The molecule has 1 fully saturated rings. The number of carbonyl (C=O) groups is 2. The van der Waals surface area contributed by atoms with Crippen molar-refractivity contribution < 1.29 is 23.5 Å². The molecule has 1 aromatic carbocycles. The summed E-state index contributed by atoms with van der Waals surface area (Å²) in [6.45, 7) is 1.82. The van der Waals surface area contributed by atoms with Crippen molar-refractivity contribution in [1.29, 1.82) is 0 Å². The summed E-state index contributed by atoms with van der Waals surface area (Å²) in [4.78, 5) is 25.4. The predicted molar refractivity (Wildman–Crippen MR) is 103 cm³/mol. The van der Waals surface area contributed by atoms with Crippen LogP contribution in [0.3, 0.4) is 0 Å². The van der Waals surface area contributed by atoms with Crippen LogP contribution in [0.25, 0.3) is 17.4 Å². The first-order chi connectivity index (χ1) is 12.9. The number of furan rings is 1. The Kier molecular flexibility index (Phi) is 5.76. The van der Waals surface area contributed by atoms with Crippen LogP contribution in [0.1, 0.15) is 25.5 Å². The molecule has 0 N–H and O–H groups in total. The van der Waals surface area contributed by atoms with Crippen LogP contribution in [0.4, 0.5) is 4.39 Å². The number of nitrogens with zero attached hydrogens (tertiary/aromatic N) is 1. The lowest BCUT2D eigenvalue weighted by Crippen LogP contribution is -2.49. The molecule has 1 aliphatic rings. The zero-order chi connectivity index (χ0) is 19.6. The molecule has 0 unspecified atom stereocenters. The average molecular weight is 404 g/mol. The summed E-state index contributed by atoms with van der Waals surface area (Å²) < 4.78 is 18.9. The number of amides is 1. The fraction of sp³-hybridized carbons (Fsp3) is 0.211. The second-order valence-electron chi connectivity index (χ2n) is 5.88. The smallest absolute Gasteiger partial charge is 0.266 e. The normalized spacial score (nSPS) is 17.0. The number of thioether (sulfide) groups is 1. The maximum atomic E-state index is 13.0. The minimum atomic E-state index is -1.33. The Morgan fingerprint density at radius 2 is 2.04 bits per heavy atom. The van der Waals surface area contributed by atoms with Gasteiger partial charge in [0.25, 0.3) is 5.91 Å². The van der Waals surface area contributed by atoms with Gasteiger partial charge in [-0.25, -0.2) is 4.39 Å². The van der Waals surface area contributed by atoms with Gasteiger partial charge in [0.15, 0.2) is 0 Å². The van der Waals surface area contributed by atoms with Crippen molar-refractivity contribution in [1.82, 2.24) is 4.90 Å². The standard InChI is InChI=1S/C19H16FNO4S2/c1-2-3-14(18(23)24)21-17(22)16(27-19(21)26)10-13-8-9-15(25-13)11-4-6-12(20)7-5-11/h4-10,14H,2-3H2,1H3,(H,23,24)/p-1/b16-10+/t14-/m1/s1. The number of carboxylic acid groups (broad SMARTS) is 1.